The highest BCUT2D eigenvalue weighted by atomic mass is 127. The molecule has 0 unspecified atom stereocenters. The van der Waals surface area contributed by atoms with Crippen LogP contribution >= 0.6 is 22.6 Å². The Morgan fingerprint density at radius 2 is 2.09 bits per heavy atom. The zero-order valence-electron chi connectivity index (χ0n) is 17.4. The van der Waals surface area contributed by atoms with E-state index >= 15 is 0 Å². The smallest absolute Gasteiger partial charge is 0.244 e. The van der Waals surface area contributed by atoms with Crippen LogP contribution < -0.4 is 19.9 Å². The molecule has 2 aromatic carbocycles. The molecule has 2 heterocycles. The third-order valence-electron chi connectivity index (χ3n) is 5.12. The summed E-state index contributed by atoms with van der Waals surface area (Å²) < 4.78 is 32.1. The van der Waals surface area contributed by atoms with Gasteiger partial charge in [-0.2, -0.15) is 5.26 Å². The first-order valence-corrected chi connectivity index (χ1v) is 11.0. The van der Waals surface area contributed by atoms with Gasteiger partial charge < -0.3 is 19.9 Å². The first kappa shape index (κ1) is 22.0. The number of ether oxygens (including phenoxy) is 3. The number of nitrogens with one attached hydrogen (secondary N) is 1. The van der Waals surface area contributed by atoms with Crippen molar-refractivity contribution < 1.29 is 18.6 Å². The largest absolute Gasteiger partial charge is 0.490 e. The summed E-state index contributed by atoms with van der Waals surface area (Å²) in [4.78, 5) is 0. The molecule has 1 aliphatic heterocycles. The molecule has 32 heavy (non-hydrogen) atoms. The Labute approximate surface area is 198 Å². The number of nitriles is 1. The van der Waals surface area contributed by atoms with Gasteiger partial charge in [-0.1, -0.05) is 18.2 Å². The highest BCUT2D eigenvalue weighted by Crippen LogP contribution is 2.46. The van der Waals surface area contributed by atoms with Gasteiger partial charge in [0.05, 0.1) is 16.1 Å². The third kappa shape index (κ3) is 3.98. The summed E-state index contributed by atoms with van der Waals surface area (Å²) in [7, 11) is 0. The lowest BCUT2D eigenvalue weighted by Gasteiger charge is -2.25. The van der Waals surface area contributed by atoms with E-state index in [1.165, 1.54) is 6.07 Å². The molecule has 0 bridgehead atoms. The fraction of sp³-hybridized carbons (Fsp3) is 0.217. The van der Waals surface area contributed by atoms with Crippen LogP contribution in [0.1, 0.15) is 35.2 Å². The van der Waals surface area contributed by atoms with E-state index < -0.39 is 5.92 Å². The fourth-order valence-electron chi connectivity index (χ4n) is 3.65. The Morgan fingerprint density at radius 3 is 2.81 bits per heavy atom. The van der Waals surface area contributed by atoms with E-state index in [2.05, 4.69) is 38.9 Å². The van der Waals surface area contributed by atoms with Crippen LogP contribution in [0.3, 0.4) is 0 Å². The lowest BCUT2D eigenvalue weighted by atomic mass is 9.84. The molecule has 0 saturated carbocycles. The number of allylic oxidation sites excluding steroid dienone is 1. The lowest BCUT2D eigenvalue weighted by molar-refractivity contribution is 0.263. The molecule has 1 aliphatic rings. The van der Waals surface area contributed by atoms with Gasteiger partial charge in [-0.15, -0.1) is 5.10 Å². The first-order valence-electron chi connectivity index (χ1n) is 9.89. The normalized spacial score (nSPS) is 15.0. The summed E-state index contributed by atoms with van der Waals surface area (Å²) >= 11 is 2.15. The number of aromatic nitrogens is 2. The van der Waals surface area contributed by atoms with Gasteiger partial charge in [0.15, 0.2) is 11.5 Å². The van der Waals surface area contributed by atoms with Crippen molar-refractivity contribution in [3.63, 3.8) is 0 Å². The van der Waals surface area contributed by atoms with E-state index in [-0.39, 0.29) is 18.3 Å². The Hall–Kier alpha value is -3.26. The van der Waals surface area contributed by atoms with Crippen LogP contribution in [0, 0.1) is 27.6 Å². The Bertz CT molecular complexity index is 1250. The molecular formula is C23H20FIN4O3. The summed E-state index contributed by atoms with van der Waals surface area (Å²) in [5.41, 5.74) is 9.06. The second kappa shape index (κ2) is 9.08. The van der Waals surface area contributed by atoms with E-state index in [1.807, 2.05) is 26.0 Å². The standard InChI is InChI=1S/C23H20FIN4O3/c1-3-30-18-9-14(8-17(25)21(18)31-11-13-6-4-5-7-16(13)24)20-15(10-26)22(27)32-23-19(20)12(2)28-29-23/h4-9,20H,3,11,27H2,1-2H3,(H,28,29)/t20-/m0/s1. The van der Waals surface area contributed by atoms with Gasteiger partial charge >= 0.3 is 0 Å². The van der Waals surface area contributed by atoms with Crippen molar-refractivity contribution in [2.75, 3.05) is 6.61 Å². The number of aryl methyl sites for hydroxylation is 1. The van der Waals surface area contributed by atoms with Crippen LogP contribution in [0.25, 0.3) is 0 Å². The maximum atomic E-state index is 14.0. The van der Waals surface area contributed by atoms with Crippen molar-refractivity contribution in [1.82, 2.24) is 10.2 Å². The molecule has 1 aromatic heterocycles. The SMILES string of the molecule is CCOc1cc([C@H]2C(C#N)=C(N)Oc3n[nH]c(C)c32)cc(I)c1OCc1ccccc1F. The molecule has 1 atom stereocenters. The monoisotopic (exact) mass is 546 g/mol. The number of halogens is 2. The zero-order chi connectivity index (χ0) is 22.8. The summed E-state index contributed by atoms with van der Waals surface area (Å²) in [6.07, 6.45) is 0. The predicted molar refractivity (Wildman–Crippen MR) is 124 cm³/mol. The molecule has 3 N–H and O–H groups in total. The van der Waals surface area contributed by atoms with Crippen molar-refractivity contribution in [2.24, 2.45) is 5.73 Å². The molecule has 4 rings (SSSR count). The van der Waals surface area contributed by atoms with Gasteiger partial charge in [-0.3, -0.25) is 5.10 Å². The van der Waals surface area contributed by atoms with E-state index in [0.717, 1.165) is 20.4 Å². The minimum absolute atomic E-state index is 0.0179. The Balaban J connectivity index is 1.77. The summed E-state index contributed by atoms with van der Waals surface area (Å²) in [5, 5.41) is 16.8. The van der Waals surface area contributed by atoms with E-state index in [9.17, 15) is 9.65 Å². The van der Waals surface area contributed by atoms with Crippen molar-refractivity contribution in [1.29, 1.82) is 5.26 Å². The third-order valence-corrected chi connectivity index (χ3v) is 5.93. The Kier molecular flexibility index (Phi) is 6.23. The van der Waals surface area contributed by atoms with Crippen LogP contribution in [-0.4, -0.2) is 16.8 Å². The van der Waals surface area contributed by atoms with Crippen molar-refractivity contribution >= 4 is 22.6 Å². The second-order valence-corrected chi connectivity index (χ2v) is 8.30. The molecule has 0 spiro atoms. The number of H-pyrrole nitrogens is 1. The van der Waals surface area contributed by atoms with Gasteiger partial charge in [-0.25, -0.2) is 4.39 Å². The first-order chi connectivity index (χ1) is 15.4. The van der Waals surface area contributed by atoms with Crippen molar-refractivity contribution in [3.8, 4) is 23.4 Å². The van der Waals surface area contributed by atoms with Crippen LogP contribution in [0.2, 0.25) is 0 Å². The minimum atomic E-state index is -0.476. The number of aromatic amines is 1. The van der Waals surface area contributed by atoms with Gasteiger partial charge in [0, 0.05) is 16.8 Å². The summed E-state index contributed by atoms with van der Waals surface area (Å²) in [6.45, 7) is 4.19. The van der Waals surface area contributed by atoms with Gasteiger partial charge in [-0.05, 0) is 60.2 Å². The van der Waals surface area contributed by atoms with Gasteiger partial charge in [0.1, 0.15) is 24.1 Å². The zero-order valence-corrected chi connectivity index (χ0v) is 19.6. The molecule has 0 fully saturated rings. The maximum absolute atomic E-state index is 14.0. The highest BCUT2D eigenvalue weighted by molar-refractivity contribution is 14.1. The molecule has 9 heteroatoms. The number of hydrogen-bond donors (Lipinski definition) is 2. The van der Waals surface area contributed by atoms with Crippen molar-refractivity contribution in [2.45, 2.75) is 26.4 Å². The second-order valence-electron chi connectivity index (χ2n) is 7.14. The number of benzene rings is 2. The van der Waals surface area contributed by atoms with Crippen LogP contribution in [0.15, 0.2) is 47.9 Å². The van der Waals surface area contributed by atoms with Gasteiger partial charge in [0.2, 0.25) is 11.8 Å². The molecule has 0 saturated heterocycles. The number of hydrogen-bond acceptors (Lipinski definition) is 6. The van der Waals surface area contributed by atoms with E-state index in [4.69, 9.17) is 19.9 Å². The quantitative estimate of drug-likeness (QED) is 0.436. The molecule has 3 aromatic rings. The maximum Gasteiger partial charge on any atom is 0.244 e. The average Bonchev–Trinajstić information content (AvgIpc) is 3.13. The summed E-state index contributed by atoms with van der Waals surface area (Å²) in [6, 6.07) is 12.4. The highest BCUT2D eigenvalue weighted by Gasteiger charge is 2.35. The van der Waals surface area contributed by atoms with Crippen LogP contribution in [0.5, 0.6) is 17.4 Å². The molecule has 0 amide bonds. The van der Waals surface area contributed by atoms with E-state index in [0.29, 0.717) is 35.1 Å². The topological polar surface area (TPSA) is 106 Å². The molecular weight excluding hydrogens is 526 g/mol. The molecule has 0 radical (unpaired) electrons. The molecule has 0 aliphatic carbocycles. The summed E-state index contributed by atoms with van der Waals surface area (Å²) in [5.74, 6) is 0.556. The predicted octanol–water partition coefficient (Wildman–Crippen LogP) is 4.66. The number of rotatable bonds is 6. The van der Waals surface area contributed by atoms with E-state index in [1.54, 1.807) is 18.2 Å². The molecule has 164 valence electrons. The Morgan fingerprint density at radius 1 is 1.31 bits per heavy atom. The van der Waals surface area contributed by atoms with Crippen molar-refractivity contribution in [3.05, 3.63) is 79.6 Å². The number of nitrogens with two attached hydrogens (primary N) is 1. The number of fused-ring (bicyclic) bond motifs is 1. The minimum Gasteiger partial charge on any atom is -0.490 e. The molecule has 7 nitrogen and oxygen atoms in total. The average molecular weight is 546 g/mol. The van der Waals surface area contributed by atoms with Crippen LogP contribution in [-0.2, 0) is 6.61 Å². The lowest BCUT2D eigenvalue weighted by Crippen LogP contribution is -2.21. The van der Waals surface area contributed by atoms with Crippen LogP contribution in [0.4, 0.5) is 4.39 Å². The van der Waals surface area contributed by atoms with Gasteiger partial charge in [0.25, 0.3) is 0 Å². The fourth-order valence-corrected chi connectivity index (χ4v) is 4.44. The number of nitrogens with zero attached hydrogens (tertiary/aromatic N) is 2.